The van der Waals surface area contributed by atoms with Crippen molar-refractivity contribution in [2.24, 2.45) is 5.92 Å². The maximum Gasteiger partial charge on any atom is 0.165 e. The zero-order valence-electron chi connectivity index (χ0n) is 16.8. The average molecular weight is 414 g/mol. The van der Waals surface area contributed by atoms with Gasteiger partial charge < -0.3 is 16.0 Å². The fourth-order valence-corrected chi connectivity index (χ4v) is 2.66. The summed E-state index contributed by atoms with van der Waals surface area (Å²) in [4.78, 5) is 10.4. The fraction of sp³-hybridized carbons (Fsp3) is 0.273. The van der Waals surface area contributed by atoms with Crippen molar-refractivity contribution in [3.05, 3.63) is 65.3 Å². The molecule has 2 aromatic rings. The van der Waals surface area contributed by atoms with Gasteiger partial charge in [0.15, 0.2) is 5.82 Å². The first kappa shape index (κ1) is 22.4. The van der Waals surface area contributed by atoms with Gasteiger partial charge in [-0.25, -0.2) is 14.4 Å². The highest BCUT2D eigenvalue weighted by Crippen LogP contribution is 2.24. The number of benzene rings is 1. The van der Waals surface area contributed by atoms with E-state index in [2.05, 4.69) is 38.9 Å². The minimum atomic E-state index is -0.563. The second-order valence-electron chi connectivity index (χ2n) is 6.66. The van der Waals surface area contributed by atoms with E-state index in [9.17, 15) is 4.39 Å². The van der Waals surface area contributed by atoms with Gasteiger partial charge >= 0.3 is 0 Å². The minimum Gasteiger partial charge on any atom is -0.398 e. The fourth-order valence-electron chi connectivity index (χ4n) is 2.49. The molecule has 152 valence electrons. The normalized spacial score (nSPS) is 11.2. The van der Waals surface area contributed by atoms with Gasteiger partial charge in [-0.05, 0) is 50.8 Å². The first-order valence-corrected chi connectivity index (χ1v) is 9.59. The lowest BCUT2D eigenvalue weighted by molar-refractivity contribution is 0.360. The molecule has 0 saturated carbocycles. The number of anilines is 3. The molecule has 0 aliphatic carbocycles. The van der Waals surface area contributed by atoms with Crippen molar-refractivity contribution in [3.63, 3.8) is 0 Å². The molecule has 0 amide bonds. The van der Waals surface area contributed by atoms with Gasteiger partial charge in [0.1, 0.15) is 12.1 Å². The first-order valence-electron chi connectivity index (χ1n) is 9.21. The van der Waals surface area contributed by atoms with E-state index in [0.717, 1.165) is 13.0 Å². The molecule has 0 saturated heterocycles. The van der Waals surface area contributed by atoms with Gasteiger partial charge in [-0.2, -0.15) is 0 Å². The van der Waals surface area contributed by atoms with Crippen molar-refractivity contribution < 1.29 is 4.39 Å². The lowest BCUT2D eigenvalue weighted by atomic mass is 10.1. The molecule has 1 unspecified atom stereocenters. The number of aromatic nitrogens is 2. The van der Waals surface area contributed by atoms with Gasteiger partial charge in [-0.3, -0.25) is 0 Å². The number of halogens is 2. The Morgan fingerprint density at radius 2 is 2.07 bits per heavy atom. The van der Waals surface area contributed by atoms with Crippen LogP contribution in [0, 0.1) is 23.6 Å². The summed E-state index contributed by atoms with van der Waals surface area (Å²) in [5.41, 5.74) is 7.45. The van der Waals surface area contributed by atoms with Crippen molar-refractivity contribution in [3.8, 4) is 11.8 Å². The van der Waals surface area contributed by atoms with Crippen molar-refractivity contribution in [1.82, 2.24) is 14.9 Å². The number of hydrogen-bond acceptors (Lipinski definition) is 5. The van der Waals surface area contributed by atoms with Crippen molar-refractivity contribution in [2.75, 3.05) is 31.7 Å². The van der Waals surface area contributed by atoms with Crippen molar-refractivity contribution in [1.29, 1.82) is 0 Å². The van der Waals surface area contributed by atoms with Crippen LogP contribution in [0.2, 0.25) is 5.02 Å². The predicted octanol–water partition coefficient (Wildman–Crippen LogP) is 4.66. The molecule has 1 heterocycles. The van der Waals surface area contributed by atoms with Gasteiger partial charge in [0.2, 0.25) is 0 Å². The van der Waals surface area contributed by atoms with Crippen LogP contribution in [0.25, 0.3) is 0 Å². The number of hydrogen-bond donors (Lipinski definition) is 2. The average Bonchev–Trinajstić information content (AvgIpc) is 2.69. The second kappa shape index (κ2) is 11.2. The maximum atomic E-state index is 14.3. The van der Waals surface area contributed by atoms with Crippen LogP contribution in [0.4, 0.5) is 21.6 Å². The summed E-state index contributed by atoms with van der Waals surface area (Å²) in [5.74, 6) is 6.41. The number of nitrogens with one attached hydrogen (secondary N) is 1. The van der Waals surface area contributed by atoms with E-state index in [0.29, 0.717) is 17.1 Å². The monoisotopic (exact) mass is 413 g/mol. The third-order valence-electron chi connectivity index (χ3n) is 4.01. The second-order valence-corrected chi connectivity index (χ2v) is 7.07. The third-order valence-corrected chi connectivity index (χ3v) is 4.30. The number of rotatable bonds is 5. The Morgan fingerprint density at radius 3 is 2.79 bits per heavy atom. The highest BCUT2D eigenvalue weighted by molar-refractivity contribution is 6.31. The summed E-state index contributed by atoms with van der Waals surface area (Å²) >= 11 is 5.87. The molecule has 0 aliphatic rings. The molecule has 29 heavy (non-hydrogen) atoms. The Labute approximate surface area is 176 Å². The van der Waals surface area contributed by atoms with Crippen LogP contribution in [-0.2, 0) is 0 Å². The van der Waals surface area contributed by atoms with Crippen molar-refractivity contribution >= 4 is 28.8 Å². The summed E-state index contributed by atoms with van der Waals surface area (Å²) in [6.07, 6.45) is 3.84. The Balaban J connectivity index is 2.52. The van der Waals surface area contributed by atoms with Crippen LogP contribution in [0.1, 0.15) is 18.9 Å². The van der Waals surface area contributed by atoms with E-state index in [-0.39, 0.29) is 16.6 Å². The molecular formula is C22H25ClFN5. The third kappa shape index (κ3) is 7.22. The molecule has 1 aromatic carbocycles. The highest BCUT2D eigenvalue weighted by atomic mass is 35.5. The standard InChI is InChI=1S/C22H25ClFN5/c1-4-16(14-29(2)3)10-11-17-13-21(27-15-26-12-6-8-19(17)25)28-20-9-5-7-18(23)22(20)24/h5-9,12-13,15-16H,4,14,25H2,1-3H3,(H,26,27,28). The predicted molar refractivity (Wildman–Crippen MR) is 118 cm³/mol. The summed E-state index contributed by atoms with van der Waals surface area (Å²) in [7, 11) is 4.03. The van der Waals surface area contributed by atoms with Crippen molar-refractivity contribution in [2.45, 2.75) is 13.3 Å². The molecule has 1 aromatic heterocycles. The Morgan fingerprint density at radius 1 is 1.28 bits per heavy atom. The molecule has 0 bridgehead atoms. The van der Waals surface area contributed by atoms with E-state index in [1.54, 1.807) is 36.5 Å². The molecule has 3 N–H and O–H groups in total. The summed E-state index contributed by atoms with van der Waals surface area (Å²) in [5, 5.41) is 2.95. The van der Waals surface area contributed by atoms with Crippen LogP contribution in [-0.4, -0.2) is 35.5 Å². The van der Waals surface area contributed by atoms with E-state index >= 15 is 0 Å². The molecule has 0 radical (unpaired) electrons. The summed E-state index contributed by atoms with van der Waals surface area (Å²) in [6.45, 7) is 2.94. The van der Waals surface area contributed by atoms with Crippen LogP contribution >= 0.6 is 11.6 Å². The van der Waals surface area contributed by atoms with Gasteiger partial charge in [0, 0.05) is 24.3 Å². The molecule has 1 atom stereocenters. The summed E-state index contributed by atoms with van der Waals surface area (Å²) in [6, 6.07) is 9.80. The van der Waals surface area contributed by atoms with Crippen LogP contribution in [0.5, 0.6) is 0 Å². The quantitative estimate of drug-likeness (QED) is 0.698. The van der Waals surface area contributed by atoms with Gasteiger partial charge in [0.25, 0.3) is 0 Å². The lowest BCUT2D eigenvalue weighted by Crippen LogP contribution is -2.20. The van der Waals surface area contributed by atoms with E-state index in [1.807, 2.05) is 14.1 Å². The molecule has 0 aliphatic heterocycles. The largest absolute Gasteiger partial charge is 0.398 e. The maximum absolute atomic E-state index is 14.3. The van der Waals surface area contributed by atoms with Gasteiger partial charge in [-0.1, -0.05) is 36.4 Å². The van der Waals surface area contributed by atoms with Gasteiger partial charge in [-0.15, -0.1) is 0 Å². The molecule has 0 fully saturated rings. The van der Waals surface area contributed by atoms with Crippen LogP contribution in [0.15, 0.2) is 48.9 Å². The smallest absolute Gasteiger partial charge is 0.165 e. The van der Waals surface area contributed by atoms with Crippen LogP contribution in [0.3, 0.4) is 0 Å². The molecule has 5 nitrogen and oxygen atoms in total. The van der Waals surface area contributed by atoms with Crippen LogP contribution < -0.4 is 11.1 Å². The zero-order valence-corrected chi connectivity index (χ0v) is 17.5. The van der Waals surface area contributed by atoms with E-state index in [1.165, 1.54) is 12.4 Å². The minimum absolute atomic E-state index is 0.0185. The Bertz CT molecular complexity index is 951. The highest BCUT2D eigenvalue weighted by Gasteiger charge is 2.07. The zero-order chi connectivity index (χ0) is 21.2. The van der Waals surface area contributed by atoms with E-state index < -0.39 is 5.82 Å². The topological polar surface area (TPSA) is 67.1 Å². The summed E-state index contributed by atoms with van der Waals surface area (Å²) < 4.78 is 14.3. The lowest BCUT2D eigenvalue weighted by Gasteiger charge is -2.13. The molecule has 0 spiro atoms. The number of nitrogens with zero attached hydrogens (tertiary/aromatic N) is 3. The van der Waals surface area contributed by atoms with E-state index in [4.69, 9.17) is 17.3 Å². The Kier molecular flexibility index (Phi) is 8.66. The number of nitrogens with two attached hydrogens (primary N) is 1. The number of nitrogen functional groups attached to an aromatic ring is 1. The first-order chi connectivity index (χ1) is 13.9. The Hall–Kier alpha value is -2.88. The SMILES string of the molecule is CCC(C#Cc1cc(Nc2cccc(Cl)c2F)ncncccc1N)CN(C)C. The molecule has 2 rings (SSSR count). The molecule has 7 heteroatoms. The molecular weight excluding hydrogens is 389 g/mol. The van der Waals surface area contributed by atoms with Gasteiger partial charge in [0.05, 0.1) is 16.3 Å².